The Morgan fingerprint density at radius 3 is 2.25 bits per heavy atom. The molecule has 0 radical (unpaired) electrons. The molecule has 3 aromatic rings. The molecule has 0 aromatic heterocycles. The van der Waals surface area contributed by atoms with Gasteiger partial charge in [-0.2, -0.15) is 4.90 Å². The van der Waals surface area contributed by atoms with Crippen LogP contribution in [0, 0.1) is 0 Å². The van der Waals surface area contributed by atoms with E-state index in [1.807, 2.05) is 18.2 Å². The third-order valence-corrected chi connectivity index (χ3v) is 5.59. The first-order valence-electron chi connectivity index (χ1n) is 10.2. The van der Waals surface area contributed by atoms with Crippen molar-refractivity contribution in [2.75, 3.05) is 12.0 Å². The number of rotatable bonds is 7. The second-order valence-corrected chi connectivity index (χ2v) is 7.58. The van der Waals surface area contributed by atoms with Crippen molar-refractivity contribution in [3.8, 4) is 5.75 Å². The van der Waals surface area contributed by atoms with E-state index in [4.69, 9.17) is 4.74 Å². The molecule has 1 unspecified atom stereocenters. The van der Waals surface area contributed by atoms with Crippen LogP contribution >= 0.6 is 0 Å². The summed E-state index contributed by atoms with van der Waals surface area (Å²) in [6.07, 6.45) is 0.0571. The highest BCUT2D eigenvalue weighted by molar-refractivity contribution is 6.08. The number of methoxy groups -OCH3 is 1. The number of amides is 3. The van der Waals surface area contributed by atoms with Crippen molar-refractivity contribution in [2.24, 2.45) is 0 Å². The number of hydrogen-bond acceptors (Lipinski definition) is 4. The van der Waals surface area contributed by atoms with Crippen LogP contribution in [0.1, 0.15) is 21.5 Å². The van der Waals surface area contributed by atoms with Crippen molar-refractivity contribution < 1.29 is 29.1 Å². The summed E-state index contributed by atoms with van der Waals surface area (Å²) >= 11 is 0. The summed E-state index contributed by atoms with van der Waals surface area (Å²) in [4.78, 5) is 40.3. The van der Waals surface area contributed by atoms with Crippen molar-refractivity contribution in [2.45, 2.75) is 19.0 Å². The molecule has 0 fully saturated rings. The number of para-hydroxylation sites is 1. The number of carbonyl (C=O) groups excluding carboxylic acids is 2. The van der Waals surface area contributed by atoms with Crippen molar-refractivity contribution in [1.29, 1.82) is 0 Å². The summed E-state index contributed by atoms with van der Waals surface area (Å²) in [5.74, 6) is -1.04. The molecule has 0 saturated carbocycles. The minimum Gasteiger partial charge on any atom is -0.497 e. The van der Waals surface area contributed by atoms with Gasteiger partial charge in [0.05, 0.1) is 19.3 Å². The maximum Gasteiger partial charge on any atom is 0.430 e. The quantitative estimate of drug-likeness (QED) is 0.600. The highest BCUT2D eigenvalue weighted by atomic mass is 16.5. The number of imide groups is 1. The maximum atomic E-state index is 13.5. The molecule has 3 amide bonds. The zero-order valence-corrected chi connectivity index (χ0v) is 17.5. The zero-order chi connectivity index (χ0) is 22.7. The van der Waals surface area contributed by atoms with Crippen molar-refractivity contribution in [3.63, 3.8) is 0 Å². The number of fused-ring (bicyclic) bond motifs is 1. The summed E-state index contributed by atoms with van der Waals surface area (Å²) in [7, 11) is 1.57. The van der Waals surface area contributed by atoms with E-state index in [9.17, 15) is 19.5 Å². The molecule has 2 N–H and O–H groups in total. The number of anilines is 1. The topological polar surface area (TPSA) is 88.3 Å². The van der Waals surface area contributed by atoms with E-state index in [1.165, 1.54) is 4.90 Å². The van der Waals surface area contributed by atoms with Crippen LogP contribution in [0.5, 0.6) is 5.75 Å². The molecule has 1 heterocycles. The molecule has 7 nitrogen and oxygen atoms in total. The summed E-state index contributed by atoms with van der Waals surface area (Å²) in [6.45, 7) is 0.203. The number of nitrogens with one attached hydrogen (secondary N) is 1. The second-order valence-electron chi connectivity index (χ2n) is 7.58. The van der Waals surface area contributed by atoms with Gasteiger partial charge in [-0.1, -0.05) is 54.6 Å². The van der Waals surface area contributed by atoms with Crippen molar-refractivity contribution >= 4 is 23.6 Å². The van der Waals surface area contributed by atoms with Crippen LogP contribution in [-0.2, 0) is 17.8 Å². The number of hydrogen-bond donors (Lipinski definition) is 2. The van der Waals surface area contributed by atoms with Gasteiger partial charge in [0.15, 0.2) is 0 Å². The van der Waals surface area contributed by atoms with E-state index in [0.717, 1.165) is 11.1 Å². The average molecular weight is 431 g/mol. The molecule has 0 bridgehead atoms. The number of nitrogens with zero attached hydrogens (tertiary/aromatic N) is 1. The van der Waals surface area contributed by atoms with E-state index in [0.29, 0.717) is 17.0 Å². The van der Waals surface area contributed by atoms with Gasteiger partial charge in [-0.3, -0.25) is 4.90 Å². The molecule has 2 atom stereocenters. The van der Waals surface area contributed by atoms with Crippen molar-refractivity contribution in [3.05, 3.63) is 95.6 Å². The molecule has 0 aliphatic carbocycles. The van der Waals surface area contributed by atoms with E-state index >= 15 is 0 Å². The fourth-order valence-electron chi connectivity index (χ4n) is 3.94. The SMILES string of the molecule is COc1ccc(CN2C(=O)[NH+]([C@@H](Cc3ccccc3)C(=O)O)C(=O)c3ccccc32)cc1. The number of quaternary nitrogens is 1. The van der Waals surface area contributed by atoms with E-state index < -0.39 is 23.9 Å². The first-order valence-corrected chi connectivity index (χ1v) is 10.2. The summed E-state index contributed by atoms with van der Waals surface area (Å²) in [5, 5.41) is 9.95. The standard InChI is InChI=1S/C25H22N2O5/c1-32-19-13-11-18(12-14-19)16-26-21-10-6-5-9-20(21)23(28)27(25(26)31)22(24(29)30)15-17-7-3-2-4-8-17/h2-14,22H,15-16H2,1H3,(H,29,30)/p+1/t22-/m0/s1. The predicted octanol–water partition coefficient (Wildman–Crippen LogP) is 2.56. The third-order valence-electron chi connectivity index (χ3n) is 5.59. The van der Waals surface area contributed by atoms with Crippen LogP contribution in [0.15, 0.2) is 78.9 Å². The van der Waals surface area contributed by atoms with Crippen LogP contribution in [0.4, 0.5) is 10.5 Å². The van der Waals surface area contributed by atoms with Gasteiger partial charge in [0.2, 0.25) is 6.04 Å². The smallest absolute Gasteiger partial charge is 0.430 e. The molecule has 32 heavy (non-hydrogen) atoms. The molecule has 3 aromatic carbocycles. The Morgan fingerprint density at radius 1 is 0.938 bits per heavy atom. The summed E-state index contributed by atoms with van der Waals surface area (Å²) < 4.78 is 5.19. The average Bonchev–Trinajstić information content (AvgIpc) is 2.82. The maximum absolute atomic E-state index is 13.5. The second kappa shape index (κ2) is 9.03. The zero-order valence-electron chi connectivity index (χ0n) is 17.5. The van der Waals surface area contributed by atoms with Crippen LogP contribution in [0.3, 0.4) is 0 Å². The molecule has 1 aliphatic rings. The van der Waals surface area contributed by atoms with E-state index in [2.05, 4.69) is 0 Å². The Labute approximate surface area is 185 Å². The van der Waals surface area contributed by atoms with Gasteiger partial charge in [0, 0.05) is 6.42 Å². The minimum absolute atomic E-state index is 0.0571. The van der Waals surface area contributed by atoms with Gasteiger partial charge in [-0.05, 0) is 35.4 Å². The highest BCUT2D eigenvalue weighted by Crippen LogP contribution is 2.25. The molecule has 162 valence electrons. The molecule has 4 rings (SSSR count). The number of carboxylic acids is 1. The first-order chi connectivity index (χ1) is 15.5. The van der Waals surface area contributed by atoms with Gasteiger partial charge in [-0.15, -0.1) is 0 Å². The Balaban J connectivity index is 1.72. The molecule has 1 aliphatic heterocycles. The molecule has 0 spiro atoms. The number of carbonyl (C=O) groups is 3. The lowest BCUT2D eigenvalue weighted by Gasteiger charge is -2.33. The number of urea groups is 1. The number of carboxylic acid groups (broad SMARTS) is 1. The van der Waals surface area contributed by atoms with Gasteiger partial charge in [-0.25, -0.2) is 14.4 Å². The third kappa shape index (κ3) is 4.10. The van der Waals surface area contributed by atoms with Crippen LogP contribution in [-0.4, -0.2) is 36.2 Å². The molecular formula is C25H23N2O5+. The number of ether oxygens (including phenoxy) is 1. The van der Waals surface area contributed by atoms with Gasteiger partial charge in [0.1, 0.15) is 11.3 Å². The monoisotopic (exact) mass is 431 g/mol. The lowest BCUT2D eigenvalue weighted by atomic mass is 10.0. The fraction of sp³-hybridized carbons (Fsp3) is 0.160. The van der Waals surface area contributed by atoms with Crippen molar-refractivity contribution in [1.82, 2.24) is 0 Å². The predicted molar refractivity (Wildman–Crippen MR) is 118 cm³/mol. The Morgan fingerprint density at radius 2 is 1.59 bits per heavy atom. The molecule has 0 saturated heterocycles. The highest BCUT2D eigenvalue weighted by Gasteiger charge is 2.48. The molecule has 7 heteroatoms. The van der Waals surface area contributed by atoms with Gasteiger partial charge in [0.25, 0.3) is 0 Å². The summed E-state index contributed by atoms with van der Waals surface area (Å²) in [6, 6.07) is 21.2. The Hall–Kier alpha value is -3.97. The first kappa shape index (κ1) is 21.3. The van der Waals surface area contributed by atoms with Gasteiger partial charge < -0.3 is 9.84 Å². The lowest BCUT2D eigenvalue weighted by Crippen LogP contribution is -3.23. The normalized spacial score (nSPS) is 16.4. The minimum atomic E-state index is -1.25. The molecular weight excluding hydrogens is 408 g/mol. The Bertz CT molecular complexity index is 1140. The van der Waals surface area contributed by atoms with Crippen LogP contribution < -0.4 is 14.5 Å². The number of benzene rings is 3. The van der Waals surface area contributed by atoms with Gasteiger partial charge >= 0.3 is 17.9 Å². The number of aliphatic carboxylic acids is 1. The Kier molecular flexibility index (Phi) is 6.00. The fourth-order valence-corrected chi connectivity index (χ4v) is 3.94. The lowest BCUT2D eigenvalue weighted by molar-refractivity contribution is -0.745. The summed E-state index contributed by atoms with van der Waals surface area (Å²) in [5.41, 5.74) is 2.38. The largest absolute Gasteiger partial charge is 0.497 e. The van der Waals surface area contributed by atoms with Crippen LogP contribution in [0.2, 0.25) is 0 Å². The van der Waals surface area contributed by atoms with E-state index in [1.54, 1.807) is 67.8 Å². The van der Waals surface area contributed by atoms with Crippen LogP contribution in [0.25, 0.3) is 0 Å². The van der Waals surface area contributed by atoms with E-state index in [-0.39, 0.29) is 17.9 Å².